The number of carbonyl (C=O) groups excluding carboxylic acids is 1. The molecule has 2 amide bonds. The van der Waals surface area contributed by atoms with E-state index in [-0.39, 0.29) is 0 Å². The van der Waals surface area contributed by atoms with Crippen molar-refractivity contribution >= 4 is 17.7 Å². The van der Waals surface area contributed by atoms with Gasteiger partial charge in [-0.2, -0.15) is 0 Å². The summed E-state index contributed by atoms with van der Waals surface area (Å²) in [5.41, 5.74) is 0.217. The Kier molecular flexibility index (Phi) is 5.58. The van der Waals surface area contributed by atoms with Gasteiger partial charge in [0.15, 0.2) is 0 Å². The fraction of sp³-hybridized carbons (Fsp3) is 0.467. The van der Waals surface area contributed by atoms with Gasteiger partial charge in [0.1, 0.15) is 11.3 Å². The number of carboxylic acid groups (broad SMARTS) is 1. The lowest BCUT2D eigenvalue weighted by Crippen LogP contribution is -2.54. The van der Waals surface area contributed by atoms with Gasteiger partial charge < -0.3 is 20.5 Å². The largest absolute Gasteiger partial charge is 0.496 e. The predicted octanol–water partition coefficient (Wildman–Crippen LogP) is 2.77. The monoisotopic (exact) mass is 294 g/mol. The first-order valence-corrected chi connectivity index (χ1v) is 6.85. The average Bonchev–Trinajstić information content (AvgIpc) is 2.44. The third-order valence-electron chi connectivity index (χ3n) is 3.62. The van der Waals surface area contributed by atoms with Crippen molar-refractivity contribution in [1.82, 2.24) is 5.32 Å². The summed E-state index contributed by atoms with van der Waals surface area (Å²) in [6, 6.07) is 4.67. The van der Waals surface area contributed by atoms with Crippen molar-refractivity contribution < 1.29 is 19.4 Å². The zero-order chi connectivity index (χ0) is 16.0. The molecule has 1 aromatic carbocycles. The van der Waals surface area contributed by atoms with Crippen LogP contribution in [0.5, 0.6) is 5.75 Å². The molecule has 3 N–H and O–H groups in total. The first-order valence-electron chi connectivity index (χ1n) is 6.85. The fourth-order valence-corrected chi connectivity index (χ4v) is 2.12. The maximum Gasteiger partial charge on any atom is 0.329 e. The third-order valence-corrected chi connectivity index (χ3v) is 3.62. The molecule has 0 heterocycles. The number of aliphatic carboxylic acids is 1. The van der Waals surface area contributed by atoms with Crippen molar-refractivity contribution in [2.24, 2.45) is 0 Å². The van der Waals surface area contributed by atoms with Crippen molar-refractivity contribution in [2.45, 2.75) is 39.2 Å². The number of methoxy groups -OCH3 is 1. The number of urea groups is 1. The summed E-state index contributed by atoms with van der Waals surface area (Å²) in [6.45, 7) is 5.33. The number of hydrogen-bond donors (Lipinski definition) is 3. The molecule has 0 unspecified atom stereocenters. The van der Waals surface area contributed by atoms with E-state index >= 15 is 0 Å². The standard InChI is InChI=1S/C15H22N2O4/c1-5-15(6-2,13(18)19)17-14(20)16-11-7-8-12(21-4)10(3)9-11/h7-9H,5-6H2,1-4H3,(H,18,19)(H2,16,17,20). The lowest BCUT2D eigenvalue weighted by atomic mass is 9.93. The van der Waals surface area contributed by atoms with Crippen LogP contribution in [0.4, 0.5) is 10.5 Å². The molecule has 0 aromatic heterocycles. The van der Waals surface area contributed by atoms with E-state index < -0.39 is 17.5 Å². The predicted molar refractivity (Wildman–Crippen MR) is 80.8 cm³/mol. The van der Waals surface area contributed by atoms with Gasteiger partial charge in [-0.05, 0) is 43.5 Å². The minimum Gasteiger partial charge on any atom is -0.496 e. The summed E-state index contributed by atoms with van der Waals surface area (Å²) < 4.78 is 5.15. The molecule has 0 aliphatic carbocycles. The molecule has 6 nitrogen and oxygen atoms in total. The van der Waals surface area contributed by atoms with E-state index in [1.54, 1.807) is 39.2 Å². The Bertz CT molecular complexity index is 524. The molecular formula is C15H22N2O4. The van der Waals surface area contributed by atoms with Crippen molar-refractivity contribution in [2.75, 3.05) is 12.4 Å². The van der Waals surface area contributed by atoms with E-state index in [1.165, 1.54) is 0 Å². The van der Waals surface area contributed by atoms with Crippen molar-refractivity contribution in [3.63, 3.8) is 0 Å². The molecule has 0 saturated heterocycles. The summed E-state index contributed by atoms with van der Waals surface area (Å²) in [5.74, 6) is -0.309. The van der Waals surface area contributed by atoms with E-state index in [0.717, 1.165) is 11.3 Å². The molecule has 0 aliphatic heterocycles. The van der Waals surface area contributed by atoms with E-state index in [4.69, 9.17) is 4.74 Å². The molecule has 116 valence electrons. The van der Waals surface area contributed by atoms with E-state index in [9.17, 15) is 14.7 Å². The number of benzene rings is 1. The fourth-order valence-electron chi connectivity index (χ4n) is 2.12. The SMILES string of the molecule is CCC(CC)(NC(=O)Nc1ccc(OC)c(C)c1)C(=O)O. The van der Waals surface area contributed by atoms with Crippen LogP contribution in [0.2, 0.25) is 0 Å². The van der Waals surface area contributed by atoms with E-state index in [2.05, 4.69) is 10.6 Å². The van der Waals surface area contributed by atoms with Crippen LogP contribution < -0.4 is 15.4 Å². The first kappa shape index (κ1) is 16.8. The van der Waals surface area contributed by atoms with Crippen LogP contribution in [0.3, 0.4) is 0 Å². The van der Waals surface area contributed by atoms with Gasteiger partial charge in [-0.3, -0.25) is 0 Å². The topological polar surface area (TPSA) is 87.7 Å². The number of aryl methyl sites for hydroxylation is 1. The van der Waals surface area contributed by atoms with Crippen LogP contribution in [-0.2, 0) is 4.79 Å². The lowest BCUT2D eigenvalue weighted by Gasteiger charge is -2.28. The van der Waals surface area contributed by atoms with Crippen molar-refractivity contribution in [3.8, 4) is 5.75 Å². The van der Waals surface area contributed by atoms with Gasteiger partial charge in [-0.25, -0.2) is 9.59 Å². The Labute approximate surface area is 124 Å². The molecule has 0 atom stereocenters. The number of carbonyl (C=O) groups is 2. The maximum atomic E-state index is 12.0. The molecule has 6 heteroatoms. The third kappa shape index (κ3) is 3.87. The first-order chi connectivity index (χ1) is 9.88. The molecule has 0 aliphatic rings. The van der Waals surface area contributed by atoms with Gasteiger partial charge in [0.25, 0.3) is 0 Å². The highest BCUT2D eigenvalue weighted by Gasteiger charge is 2.36. The van der Waals surface area contributed by atoms with Crippen LogP contribution in [0, 0.1) is 6.92 Å². The highest BCUT2D eigenvalue weighted by Crippen LogP contribution is 2.22. The number of rotatable bonds is 6. The smallest absolute Gasteiger partial charge is 0.329 e. The normalized spacial score (nSPS) is 10.9. The summed E-state index contributed by atoms with van der Waals surface area (Å²) in [4.78, 5) is 23.3. The number of carboxylic acids is 1. The molecular weight excluding hydrogens is 272 g/mol. The Morgan fingerprint density at radius 1 is 1.29 bits per heavy atom. The van der Waals surface area contributed by atoms with Gasteiger partial charge in [0, 0.05) is 5.69 Å². The van der Waals surface area contributed by atoms with E-state index in [1.807, 2.05) is 6.92 Å². The zero-order valence-corrected chi connectivity index (χ0v) is 12.8. The minimum absolute atomic E-state index is 0.313. The second-order valence-corrected chi connectivity index (χ2v) is 4.86. The number of nitrogens with one attached hydrogen (secondary N) is 2. The van der Waals surface area contributed by atoms with Crippen molar-refractivity contribution in [3.05, 3.63) is 23.8 Å². The van der Waals surface area contributed by atoms with Crippen LogP contribution >= 0.6 is 0 Å². The van der Waals surface area contributed by atoms with E-state index in [0.29, 0.717) is 18.5 Å². The second-order valence-electron chi connectivity index (χ2n) is 4.86. The highest BCUT2D eigenvalue weighted by atomic mass is 16.5. The number of hydrogen-bond acceptors (Lipinski definition) is 3. The molecule has 21 heavy (non-hydrogen) atoms. The van der Waals surface area contributed by atoms with Gasteiger partial charge in [-0.1, -0.05) is 13.8 Å². The summed E-state index contributed by atoms with van der Waals surface area (Å²) in [5, 5.41) is 14.5. The van der Waals surface area contributed by atoms with Crippen LogP contribution in [0.25, 0.3) is 0 Å². The van der Waals surface area contributed by atoms with Gasteiger partial charge >= 0.3 is 12.0 Å². The van der Waals surface area contributed by atoms with Gasteiger partial charge in [0.05, 0.1) is 7.11 Å². The lowest BCUT2D eigenvalue weighted by molar-refractivity contribution is -0.144. The van der Waals surface area contributed by atoms with Gasteiger partial charge in [-0.15, -0.1) is 0 Å². The Morgan fingerprint density at radius 3 is 2.33 bits per heavy atom. The Morgan fingerprint density at radius 2 is 1.90 bits per heavy atom. The molecule has 0 saturated carbocycles. The number of amides is 2. The van der Waals surface area contributed by atoms with Crippen LogP contribution in [0.15, 0.2) is 18.2 Å². The van der Waals surface area contributed by atoms with Crippen molar-refractivity contribution in [1.29, 1.82) is 0 Å². The van der Waals surface area contributed by atoms with Crippen LogP contribution in [0.1, 0.15) is 32.3 Å². The molecule has 1 aromatic rings. The maximum absolute atomic E-state index is 12.0. The Hall–Kier alpha value is -2.24. The number of anilines is 1. The Balaban J connectivity index is 2.81. The molecule has 0 bridgehead atoms. The summed E-state index contributed by atoms with van der Waals surface area (Å²) >= 11 is 0. The quantitative estimate of drug-likeness (QED) is 0.752. The van der Waals surface area contributed by atoms with Crippen LogP contribution in [-0.4, -0.2) is 29.8 Å². The molecule has 0 radical (unpaired) electrons. The minimum atomic E-state index is -1.24. The summed E-state index contributed by atoms with van der Waals surface area (Å²) in [7, 11) is 1.58. The zero-order valence-electron chi connectivity index (χ0n) is 12.8. The second kappa shape index (κ2) is 6.97. The van der Waals surface area contributed by atoms with Gasteiger partial charge in [0.2, 0.25) is 0 Å². The molecule has 0 fully saturated rings. The highest BCUT2D eigenvalue weighted by molar-refractivity contribution is 5.94. The summed E-state index contributed by atoms with van der Waals surface area (Å²) in [6.07, 6.45) is 0.627. The molecule has 1 rings (SSSR count). The average molecular weight is 294 g/mol. The molecule has 0 spiro atoms. The number of ether oxygens (including phenoxy) is 1.